The first-order valence-electron chi connectivity index (χ1n) is 5.75. The summed E-state index contributed by atoms with van der Waals surface area (Å²) in [5.74, 6) is -0.231. The van der Waals surface area contributed by atoms with Crippen molar-refractivity contribution >= 4 is 39.1 Å². The molecule has 0 aliphatic heterocycles. The van der Waals surface area contributed by atoms with Gasteiger partial charge in [-0.1, -0.05) is 24.4 Å². The number of anilines is 1. The lowest BCUT2D eigenvalue weighted by Gasteiger charge is -2.19. The molecule has 1 aliphatic rings. The van der Waals surface area contributed by atoms with E-state index in [4.69, 9.17) is 11.6 Å². The van der Waals surface area contributed by atoms with Crippen molar-refractivity contribution in [3.8, 4) is 6.07 Å². The van der Waals surface area contributed by atoms with Gasteiger partial charge in [0.1, 0.15) is 5.41 Å². The first-order chi connectivity index (χ1) is 8.57. The van der Waals surface area contributed by atoms with Gasteiger partial charge in [-0.05, 0) is 47.0 Å². The van der Waals surface area contributed by atoms with Crippen molar-refractivity contribution in [1.82, 2.24) is 0 Å². The first kappa shape index (κ1) is 13.4. The Morgan fingerprint density at radius 3 is 2.72 bits per heavy atom. The zero-order chi connectivity index (χ0) is 13.2. The molecule has 0 radical (unpaired) electrons. The predicted molar refractivity (Wildman–Crippen MR) is 74.3 cm³/mol. The first-order valence-corrected chi connectivity index (χ1v) is 6.92. The maximum Gasteiger partial charge on any atom is 0.244 e. The van der Waals surface area contributed by atoms with Gasteiger partial charge in [0.15, 0.2) is 0 Å². The van der Waals surface area contributed by atoms with Gasteiger partial charge in [0.05, 0.1) is 11.8 Å². The van der Waals surface area contributed by atoms with E-state index in [9.17, 15) is 10.1 Å². The van der Waals surface area contributed by atoms with Crippen LogP contribution in [0.1, 0.15) is 25.7 Å². The van der Waals surface area contributed by atoms with Crippen LogP contribution in [0.3, 0.4) is 0 Å². The van der Waals surface area contributed by atoms with Crippen LogP contribution in [0, 0.1) is 16.7 Å². The molecule has 0 unspecified atom stereocenters. The highest BCUT2D eigenvalue weighted by molar-refractivity contribution is 9.10. The molecule has 1 saturated carbocycles. The SMILES string of the molecule is N#CC1(C(=O)Nc2cc(Cl)ccc2Br)CCCC1. The second kappa shape index (κ2) is 5.29. The quantitative estimate of drug-likeness (QED) is 0.888. The fourth-order valence-corrected chi connectivity index (χ4v) is 2.72. The van der Waals surface area contributed by atoms with Crippen LogP contribution in [0.5, 0.6) is 0 Å². The second-order valence-corrected chi connectivity index (χ2v) is 5.77. The van der Waals surface area contributed by atoms with Crippen LogP contribution in [0.4, 0.5) is 5.69 Å². The minimum absolute atomic E-state index is 0.231. The van der Waals surface area contributed by atoms with Crippen molar-refractivity contribution in [1.29, 1.82) is 5.26 Å². The molecule has 1 amide bonds. The second-order valence-electron chi connectivity index (χ2n) is 4.48. The Bertz CT molecular complexity index is 518. The van der Waals surface area contributed by atoms with Gasteiger partial charge in [0.2, 0.25) is 5.91 Å². The molecule has 3 nitrogen and oxygen atoms in total. The number of hydrogen-bond acceptors (Lipinski definition) is 2. The molecule has 0 aromatic heterocycles. The van der Waals surface area contributed by atoms with Crippen LogP contribution in [-0.2, 0) is 4.79 Å². The smallest absolute Gasteiger partial charge is 0.244 e. The summed E-state index contributed by atoms with van der Waals surface area (Å²) in [6, 6.07) is 7.34. The van der Waals surface area contributed by atoms with Crippen molar-refractivity contribution in [2.75, 3.05) is 5.32 Å². The van der Waals surface area contributed by atoms with E-state index in [1.807, 2.05) is 0 Å². The molecule has 1 aromatic carbocycles. The van der Waals surface area contributed by atoms with Gasteiger partial charge in [-0.3, -0.25) is 4.79 Å². The fourth-order valence-electron chi connectivity index (χ4n) is 2.20. The molecule has 0 atom stereocenters. The monoisotopic (exact) mass is 326 g/mol. The molecule has 0 heterocycles. The molecular weight excluding hydrogens is 316 g/mol. The predicted octanol–water partition coefficient (Wildman–Crippen LogP) is 4.12. The highest BCUT2D eigenvalue weighted by atomic mass is 79.9. The molecule has 2 rings (SSSR count). The summed E-state index contributed by atoms with van der Waals surface area (Å²) in [5.41, 5.74) is -0.268. The van der Waals surface area contributed by atoms with Gasteiger partial charge in [-0.25, -0.2) is 0 Å². The molecule has 5 heteroatoms. The molecule has 0 bridgehead atoms. The summed E-state index contributed by atoms with van der Waals surface area (Å²) < 4.78 is 0.756. The zero-order valence-corrected chi connectivity index (χ0v) is 12.0. The molecule has 0 saturated heterocycles. The third kappa shape index (κ3) is 2.52. The van der Waals surface area contributed by atoms with Crippen molar-refractivity contribution in [3.05, 3.63) is 27.7 Å². The van der Waals surface area contributed by atoms with E-state index >= 15 is 0 Å². The average Bonchev–Trinajstić information content (AvgIpc) is 2.84. The fraction of sp³-hybridized carbons (Fsp3) is 0.385. The highest BCUT2D eigenvalue weighted by Crippen LogP contribution is 2.39. The summed E-state index contributed by atoms with van der Waals surface area (Å²) in [6.07, 6.45) is 3.12. The number of nitrogens with one attached hydrogen (secondary N) is 1. The van der Waals surface area contributed by atoms with Crippen molar-refractivity contribution in [2.45, 2.75) is 25.7 Å². The lowest BCUT2D eigenvalue weighted by molar-refractivity contribution is -0.122. The maximum atomic E-state index is 12.2. The number of halogens is 2. The van der Waals surface area contributed by atoms with Crippen molar-refractivity contribution in [2.24, 2.45) is 5.41 Å². The van der Waals surface area contributed by atoms with E-state index in [-0.39, 0.29) is 5.91 Å². The number of benzene rings is 1. The normalized spacial score (nSPS) is 17.2. The van der Waals surface area contributed by atoms with Crippen LogP contribution in [0.25, 0.3) is 0 Å². The van der Waals surface area contributed by atoms with Gasteiger partial charge in [-0.2, -0.15) is 5.26 Å². The molecule has 1 aliphatic carbocycles. The number of carbonyl (C=O) groups is 1. The van der Waals surface area contributed by atoms with E-state index in [1.165, 1.54) is 0 Å². The Morgan fingerprint density at radius 2 is 2.11 bits per heavy atom. The van der Waals surface area contributed by atoms with E-state index in [0.717, 1.165) is 17.3 Å². The lowest BCUT2D eigenvalue weighted by atomic mass is 9.87. The van der Waals surface area contributed by atoms with Crippen LogP contribution in [0.2, 0.25) is 5.02 Å². The van der Waals surface area contributed by atoms with Crippen LogP contribution >= 0.6 is 27.5 Å². The Morgan fingerprint density at radius 1 is 1.44 bits per heavy atom. The Kier molecular flexibility index (Phi) is 3.94. The zero-order valence-electron chi connectivity index (χ0n) is 9.67. The molecule has 94 valence electrons. The van der Waals surface area contributed by atoms with Gasteiger partial charge in [0, 0.05) is 9.50 Å². The van der Waals surface area contributed by atoms with Crippen molar-refractivity contribution < 1.29 is 4.79 Å². The van der Waals surface area contributed by atoms with Crippen LogP contribution in [0.15, 0.2) is 22.7 Å². The van der Waals surface area contributed by atoms with Crippen LogP contribution < -0.4 is 5.32 Å². The van der Waals surface area contributed by atoms with Gasteiger partial charge in [-0.15, -0.1) is 0 Å². The molecule has 1 fully saturated rings. The summed E-state index contributed by atoms with van der Waals surface area (Å²) in [5, 5.41) is 12.6. The van der Waals surface area contributed by atoms with Crippen molar-refractivity contribution in [3.63, 3.8) is 0 Å². The summed E-state index contributed by atoms with van der Waals surface area (Å²) >= 11 is 9.24. The van der Waals surface area contributed by atoms with E-state index in [0.29, 0.717) is 23.6 Å². The molecule has 18 heavy (non-hydrogen) atoms. The summed E-state index contributed by atoms with van der Waals surface area (Å²) in [4.78, 5) is 12.2. The topological polar surface area (TPSA) is 52.9 Å². The lowest BCUT2D eigenvalue weighted by Crippen LogP contribution is -2.32. The molecule has 1 N–H and O–H groups in total. The third-order valence-corrected chi connectivity index (χ3v) is 4.21. The van der Waals surface area contributed by atoms with Gasteiger partial charge < -0.3 is 5.32 Å². The average molecular weight is 328 g/mol. The maximum absolute atomic E-state index is 12.2. The number of nitrogens with zero attached hydrogens (tertiary/aromatic N) is 1. The Balaban J connectivity index is 2.21. The third-order valence-electron chi connectivity index (χ3n) is 3.28. The van der Waals surface area contributed by atoms with Crippen LogP contribution in [-0.4, -0.2) is 5.91 Å². The van der Waals surface area contributed by atoms with E-state index in [1.54, 1.807) is 18.2 Å². The Hall–Kier alpha value is -1.05. The van der Waals surface area contributed by atoms with Gasteiger partial charge in [0.25, 0.3) is 0 Å². The number of rotatable bonds is 2. The largest absolute Gasteiger partial charge is 0.324 e. The summed E-state index contributed by atoms with van der Waals surface area (Å²) in [6.45, 7) is 0. The Labute approximate surface area is 119 Å². The summed E-state index contributed by atoms with van der Waals surface area (Å²) in [7, 11) is 0. The number of nitriles is 1. The van der Waals surface area contributed by atoms with E-state index < -0.39 is 5.41 Å². The minimum Gasteiger partial charge on any atom is -0.324 e. The minimum atomic E-state index is -0.873. The molecule has 0 spiro atoms. The standard InChI is InChI=1S/C13H12BrClN2O/c14-10-4-3-9(15)7-11(10)17-12(18)13(8-16)5-1-2-6-13/h3-4,7H,1-2,5-6H2,(H,17,18). The number of carbonyl (C=O) groups excluding carboxylic acids is 1. The number of amides is 1. The molecule has 1 aromatic rings. The van der Waals surface area contributed by atoms with E-state index in [2.05, 4.69) is 27.3 Å². The molecular formula is C13H12BrClN2O. The van der Waals surface area contributed by atoms with Gasteiger partial charge >= 0.3 is 0 Å². The highest BCUT2D eigenvalue weighted by Gasteiger charge is 2.41. The number of hydrogen-bond donors (Lipinski definition) is 1.